The molecular weight excluding hydrogens is 443 g/mol. The fourth-order valence-corrected chi connectivity index (χ4v) is 4.32. The van der Waals surface area contributed by atoms with Crippen LogP contribution in [0, 0.1) is 0 Å². The average Bonchev–Trinajstić information content (AvgIpc) is 3.54. The molecule has 5 aromatic rings. The first-order valence-corrected chi connectivity index (χ1v) is 11.3. The van der Waals surface area contributed by atoms with Crippen molar-refractivity contribution in [1.29, 1.82) is 0 Å². The van der Waals surface area contributed by atoms with E-state index in [-0.39, 0.29) is 0 Å². The van der Waals surface area contributed by atoms with Crippen LogP contribution in [0.25, 0.3) is 10.9 Å². The predicted octanol–water partition coefficient (Wildman–Crippen LogP) is 5.41. The van der Waals surface area contributed by atoms with Crippen LogP contribution in [0.1, 0.15) is 28.5 Å². The second-order valence-corrected chi connectivity index (χ2v) is 8.62. The minimum Gasteiger partial charge on any atom is -0.361 e. The molecule has 0 aliphatic carbocycles. The van der Waals surface area contributed by atoms with Crippen LogP contribution < -0.4 is 0 Å². The van der Waals surface area contributed by atoms with Crippen molar-refractivity contribution in [3.05, 3.63) is 99.7 Å². The Morgan fingerprint density at radius 3 is 2.44 bits per heavy atom. The normalized spacial score (nSPS) is 11.4. The number of rotatable bonds is 8. The van der Waals surface area contributed by atoms with E-state index in [0.717, 1.165) is 54.1 Å². The van der Waals surface area contributed by atoms with E-state index in [0.29, 0.717) is 16.6 Å². The van der Waals surface area contributed by atoms with E-state index < -0.39 is 0 Å². The number of para-hydroxylation sites is 1. The van der Waals surface area contributed by atoms with Crippen LogP contribution in [0.2, 0.25) is 10.0 Å². The van der Waals surface area contributed by atoms with Crippen LogP contribution in [0.5, 0.6) is 0 Å². The van der Waals surface area contributed by atoms with Gasteiger partial charge in [0.15, 0.2) is 0 Å². The molecule has 0 saturated carbocycles. The molecule has 0 radical (unpaired) electrons. The summed E-state index contributed by atoms with van der Waals surface area (Å²) in [5.41, 5.74) is 4.58. The highest BCUT2D eigenvalue weighted by Crippen LogP contribution is 2.24. The fraction of sp³-hybridized carbons (Fsp3) is 0.208. The Morgan fingerprint density at radius 2 is 1.66 bits per heavy atom. The maximum Gasteiger partial charge on any atom is 0.133 e. The number of nitrogens with zero attached hydrogens (tertiary/aromatic N) is 4. The van der Waals surface area contributed by atoms with Gasteiger partial charge < -0.3 is 14.5 Å². The van der Waals surface area contributed by atoms with Gasteiger partial charge in [-0.2, -0.15) is 0 Å². The van der Waals surface area contributed by atoms with Crippen molar-refractivity contribution in [2.45, 2.75) is 32.2 Å². The number of benzene rings is 2. The van der Waals surface area contributed by atoms with Crippen molar-refractivity contribution in [2.75, 3.05) is 0 Å². The summed E-state index contributed by atoms with van der Waals surface area (Å²) in [7, 11) is 0. The van der Waals surface area contributed by atoms with Gasteiger partial charge in [0.25, 0.3) is 0 Å². The second-order valence-electron chi connectivity index (χ2n) is 7.80. The third kappa shape index (κ3) is 4.42. The topological polar surface area (TPSA) is 75.2 Å². The number of aromatic nitrogens is 6. The highest BCUT2D eigenvalue weighted by molar-refractivity contribution is 6.42. The standard InChI is InChI=1S/C24H22Cl2N6/c25-20-8-5-16(11-21(20)26)14-32-23(30-31-24(32)10-7-18-13-27-15-29-18)9-6-17-12-28-22-4-2-1-3-19(17)22/h1-5,8,11-13,15,28H,6-7,9-10,14H2,(H,27,29). The van der Waals surface area contributed by atoms with Crippen molar-refractivity contribution in [1.82, 2.24) is 29.7 Å². The SMILES string of the molecule is Clc1ccc(Cn2c(CCc3cnc[nH]3)nnc2CCc2c[nH]c3ccccc23)cc1Cl. The lowest BCUT2D eigenvalue weighted by Gasteiger charge is -2.11. The van der Waals surface area contributed by atoms with Crippen molar-refractivity contribution in [2.24, 2.45) is 0 Å². The van der Waals surface area contributed by atoms with Gasteiger partial charge in [0.05, 0.1) is 22.9 Å². The monoisotopic (exact) mass is 464 g/mol. The molecule has 6 nitrogen and oxygen atoms in total. The van der Waals surface area contributed by atoms with E-state index in [4.69, 9.17) is 23.2 Å². The quantitative estimate of drug-likeness (QED) is 0.322. The number of imidazole rings is 1. The zero-order valence-corrected chi connectivity index (χ0v) is 18.9. The summed E-state index contributed by atoms with van der Waals surface area (Å²) < 4.78 is 2.20. The van der Waals surface area contributed by atoms with Gasteiger partial charge in [-0.25, -0.2) is 4.98 Å². The zero-order chi connectivity index (χ0) is 21.9. The van der Waals surface area contributed by atoms with Gasteiger partial charge >= 0.3 is 0 Å². The molecule has 0 bridgehead atoms. The van der Waals surface area contributed by atoms with E-state index in [2.05, 4.69) is 54.1 Å². The molecule has 0 fully saturated rings. The Hall–Kier alpha value is -3.09. The molecule has 2 aromatic carbocycles. The molecule has 162 valence electrons. The Balaban J connectivity index is 1.40. The summed E-state index contributed by atoms with van der Waals surface area (Å²) in [5.74, 6) is 1.90. The maximum atomic E-state index is 6.26. The van der Waals surface area contributed by atoms with Gasteiger partial charge in [0, 0.05) is 41.8 Å². The molecule has 0 aliphatic rings. The second kappa shape index (κ2) is 9.18. The molecule has 0 saturated heterocycles. The molecule has 32 heavy (non-hydrogen) atoms. The van der Waals surface area contributed by atoms with Gasteiger partial charge in [-0.05, 0) is 42.2 Å². The summed E-state index contributed by atoms with van der Waals surface area (Å²) in [4.78, 5) is 10.6. The summed E-state index contributed by atoms with van der Waals surface area (Å²) in [6, 6.07) is 14.1. The van der Waals surface area contributed by atoms with Crippen LogP contribution in [0.15, 0.2) is 61.2 Å². The lowest BCUT2D eigenvalue weighted by Crippen LogP contribution is -2.11. The third-order valence-corrected chi connectivity index (χ3v) is 6.43. The first-order chi connectivity index (χ1) is 15.7. The molecule has 0 spiro atoms. The first kappa shape index (κ1) is 20.8. The molecular formula is C24H22Cl2N6. The molecule has 2 N–H and O–H groups in total. The van der Waals surface area contributed by atoms with Crippen molar-refractivity contribution < 1.29 is 0 Å². The van der Waals surface area contributed by atoms with Crippen LogP contribution in [0.3, 0.4) is 0 Å². The number of nitrogens with one attached hydrogen (secondary N) is 2. The summed E-state index contributed by atoms with van der Waals surface area (Å²) in [6.45, 7) is 0.644. The Morgan fingerprint density at radius 1 is 0.844 bits per heavy atom. The highest BCUT2D eigenvalue weighted by atomic mass is 35.5. The lowest BCUT2D eigenvalue weighted by atomic mass is 10.1. The molecule has 0 aliphatic heterocycles. The van der Waals surface area contributed by atoms with E-state index in [1.807, 2.05) is 30.5 Å². The van der Waals surface area contributed by atoms with Crippen LogP contribution in [-0.2, 0) is 32.2 Å². The fourth-order valence-electron chi connectivity index (χ4n) is 4.00. The van der Waals surface area contributed by atoms with E-state index >= 15 is 0 Å². The molecule has 5 rings (SSSR count). The summed E-state index contributed by atoms with van der Waals surface area (Å²) >= 11 is 12.4. The Labute approximate surface area is 195 Å². The van der Waals surface area contributed by atoms with Gasteiger partial charge in [0.2, 0.25) is 0 Å². The lowest BCUT2D eigenvalue weighted by molar-refractivity contribution is 0.668. The van der Waals surface area contributed by atoms with E-state index in [1.165, 1.54) is 10.9 Å². The number of fused-ring (bicyclic) bond motifs is 1. The minimum atomic E-state index is 0.552. The summed E-state index contributed by atoms with van der Waals surface area (Å²) in [5, 5.41) is 11.4. The van der Waals surface area contributed by atoms with Crippen molar-refractivity contribution in [3.8, 4) is 0 Å². The molecule has 3 heterocycles. The third-order valence-electron chi connectivity index (χ3n) is 5.69. The number of aromatic amines is 2. The van der Waals surface area contributed by atoms with Gasteiger partial charge in [0.1, 0.15) is 11.6 Å². The minimum absolute atomic E-state index is 0.552. The average molecular weight is 465 g/mol. The summed E-state index contributed by atoms with van der Waals surface area (Å²) in [6.07, 6.45) is 8.89. The zero-order valence-electron chi connectivity index (χ0n) is 17.4. The maximum absolute atomic E-state index is 6.26. The number of halogens is 2. The Kier molecular flexibility index (Phi) is 5.97. The predicted molar refractivity (Wildman–Crippen MR) is 127 cm³/mol. The molecule has 0 unspecified atom stereocenters. The number of hydrogen-bond donors (Lipinski definition) is 2. The van der Waals surface area contributed by atoms with E-state index in [9.17, 15) is 0 Å². The molecule has 8 heteroatoms. The van der Waals surface area contributed by atoms with Gasteiger partial charge in [-0.3, -0.25) is 0 Å². The molecule has 0 amide bonds. The van der Waals surface area contributed by atoms with Crippen LogP contribution >= 0.6 is 23.2 Å². The van der Waals surface area contributed by atoms with Crippen molar-refractivity contribution in [3.63, 3.8) is 0 Å². The largest absolute Gasteiger partial charge is 0.361 e. The first-order valence-electron chi connectivity index (χ1n) is 10.5. The highest BCUT2D eigenvalue weighted by Gasteiger charge is 2.15. The van der Waals surface area contributed by atoms with Gasteiger partial charge in [-0.15, -0.1) is 10.2 Å². The smallest absolute Gasteiger partial charge is 0.133 e. The number of H-pyrrole nitrogens is 2. The van der Waals surface area contributed by atoms with Crippen molar-refractivity contribution >= 4 is 34.1 Å². The van der Waals surface area contributed by atoms with E-state index in [1.54, 1.807) is 6.33 Å². The Bertz CT molecular complexity index is 1340. The molecule has 3 aromatic heterocycles. The van der Waals surface area contributed by atoms with Crippen LogP contribution in [0.4, 0.5) is 0 Å². The molecule has 0 atom stereocenters. The van der Waals surface area contributed by atoms with Gasteiger partial charge in [-0.1, -0.05) is 47.5 Å². The number of aryl methyl sites for hydroxylation is 4. The van der Waals surface area contributed by atoms with Crippen LogP contribution in [-0.4, -0.2) is 29.7 Å². The number of hydrogen-bond acceptors (Lipinski definition) is 3.